The summed E-state index contributed by atoms with van der Waals surface area (Å²) < 4.78 is 14.1. The Hall–Kier alpha value is -2.18. The Kier molecular flexibility index (Phi) is 2.58. The average Bonchev–Trinajstić information content (AvgIpc) is 2.86. The van der Waals surface area contributed by atoms with Crippen molar-refractivity contribution in [2.75, 3.05) is 0 Å². The number of hydrogen-bond acceptors (Lipinski definition) is 2. The van der Waals surface area contributed by atoms with E-state index < -0.39 is 5.82 Å². The predicted molar refractivity (Wildman–Crippen MR) is 67.1 cm³/mol. The van der Waals surface area contributed by atoms with Gasteiger partial charge in [0.2, 0.25) is 0 Å². The Morgan fingerprint density at radius 1 is 1.11 bits per heavy atom. The molecule has 0 spiro atoms. The summed E-state index contributed by atoms with van der Waals surface area (Å²) in [4.78, 5) is 0. The van der Waals surface area contributed by atoms with E-state index in [1.807, 2.05) is 24.3 Å². The molecule has 2 aromatic rings. The molecule has 0 aliphatic carbocycles. The largest absolute Gasteiger partial charge is 0.309 e. The number of rotatable bonds is 1. The van der Waals surface area contributed by atoms with Crippen molar-refractivity contribution in [1.29, 1.82) is 5.26 Å². The molecule has 3 rings (SSSR count). The van der Waals surface area contributed by atoms with Gasteiger partial charge in [0.05, 0.1) is 5.56 Å². The van der Waals surface area contributed by atoms with Crippen LogP contribution in [0.5, 0.6) is 0 Å². The average molecular weight is 238 g/mol. The number of fused-ring (bicyclic) bond motifs is 1. The quantitative estimate of drug-likeness (QED) is 0.829. The van der Waals surface area contributed by atoms with Gasteiger partial charge in [0.25, 0.3) is 0 Å². The van der Waals surface area contributed by atoms with Gasteiger partial charge >= 0.3 is 0 Å². The van der Waals surface area contributed by atoms with Crippen LogP contribution in [0.2, 0.25) is 0 Å². The lowest BCUT2D eigenvalue weighted by atomic mass is 9.98. The highest BCUT2D eigenvalue weighted by Gasteiger charge is 2.14. The molecule has 0 radical (unpaired) electrons. The Labute approximate surface area is 105 Å². The van der Waals surface area contributed by atoms with Crippen LogP contribution in [0, 0.1) is 17.1 Å². The first-order valence-corrected chi connectivity index (χ1v) is 5.81. The molecule has 2 nitrogen and oxygen atoms in total. The lowest BCUT2D eigenvalue weighted by Crippen LogP contribution is -1.99. The maximum atomic E-state index is 14.1. The molecule has 1 heterocycles. The van der Waals surface area contributed by atoms with Crippen molar-refractivity contribution in [3.8, 4) is 17.2 Å². The molecule has 0 aromatic heterocycles. The molecule has 1 N–H and O–H groups in total. The number of hydrogen-bond donors (Lipinski definition) is 1. The van der Waals surface area contributed by atoms with Gasteiger partial charge in [0.15, 0.2) is 0 Å². The SMILES string of the molecule is N#Cc1cccc(-c2ccc3c(c2)CNC3)c1F. The molecule has 88 valence electrons. The zero-order valence-electron chi connectivity index (χ0n) is 9.70. The molecule has 1 aliphatic rings. The van der Waals surface area contributed by atoms with Crippen molar-refractivity contribution in [2.24, 2.45) is 0 Å². The summed E-state index contributed by atoms with van der Waals surface area (Å²) >= 11 is 0. The Morgan fingerprint density at radius 3 is 2.78 bits per heavy atom. The summed E-state index contributed by atoms with van der Waals surface area (Å²) in [5, 5.41) is 12.1. The smallest absolute Gasteiger partial charge is 0.148 e. The van der Waals surface area contributed by atoms with Crippen LogP contribution in [-0.4, -0.2) is 0 Å². The minimum atomic E-state index is -0.439. The fraction of sp³-hybridized carbons (Fsp3) is 0.133. The van der Waals surface area contributed by atoms with Gasteiger partial charge in [0.1, 0.15) is 11.9 Å². The molecular weight excluding hydrogens is 227 g/mol. The standard InChI is InChI=1S/C15H11FN2/c16-15-11(7-17)2-1-3-14(15)10-4-5-12-8-18-9-13(12)6-10/h1-6,18H,8-9H2. The lowest BCUT2D eigenvalue weighted by Gasteiger charge is -2.06. The summed E-state index contributed by atoms with van der Waals surface area (Å²) in [6, 6.07) is 12.7. The van der Waals surface area contributed by atoms with Crippen molar-refractivity contribution in [3.63, 3.8) is 0 Å². The van der Waals surface area contributed by atoms with E-state index in [2.05, 4.69) is 5.32 Å². The number of nitriles is 1. The van der Waals surface area contributed by atoms with Gasteiger partial charge in [-0.15, -0.1) is 0 Å². The Balaban J connectivity index is 2.13. The van der Waals surface area contributed by atoms with E-state index in [1.54, 1.807) is 12.1 Å². The van der Waals surface area contributed by atoms with Crippen LogP contribution in [-0.2, 0) is 13.1 Å². The first kappa shape index (κ1) is 10.9. The normalized spacial score (nSPS) is 13.1. The van der Waals surface area contributed by atoms with E-state index >= 15 is 0 Å². The second-order valence-corrected chi connectivity index (χ2v) is 4.37. The molecule has 0 fully saturated rings. The van der Waals surface area contributed by atoms with Crippen molar-refractivity contribution >= 4 is 0 Å². The second-order valence-electron chi connectivity index (χ2n) is 4.37. The Bertz CT molecular complexity index is 656. The van der Waals surface area contributed by atoms with Crippen LogP contribution in [0.25, 0.3) is 11.1 Å². The summed E-state index contributed by atoms with van der Waals surface area (Å²) in [6.07, 6.45) is 0. The van der Waals surface area contributed by atoms with Gasteiger partial charge in [-0.2, -0.15) is 5.26 Å². The monoisotopic (exact) mass is 238 g/mol. The third-order valence-electron chi connectivity index (χ3n) is 3.27. The fourth-order valence-electron chi connectivity index (χ4n) is 2.30. The highest BCUT2D eigenvalue weighted by molar-refractivity contribution is 5.67. The molecule has 0 saturated heterocycles. The lowest BCUT2D eigenvalue weighted by molar-refractivity contribution is 0.627. The van der Waals surface area contributed by atoms with Crippen LogP contribution < -0.4 is 5.32 Å². The second kappa shape index (κ2) is 4.25. The van der Waals surface area contributed by atoms with E-state index in [1.165, 1.54) is 17.2 Å². The third kappa shape index (κ3) is 1.68. The van der Waals surface area contributed by atoms with Crippen LogP contribution >= 0.6 is 0 Å². The molecule has 0 saturated carbocycles. The van der Waals surface area contributed by atoms with Crippen molar-refractivity contribution in [3.05, 3.63) is 58.9 Å². The fourth-order valence-corrected chi connectivity index (χ4v) is 2.30. The highest BCUT2D eigenvalue weighted by atomic mass is 19.1. The van der Waals surface area contributed by atoms with Crippen LogP contribution in [0.15, 0.2) is 36.4 Å². The topological polar surface area (TPSA) is 35.8 Å². The van der Waals surface area contributed by atoms with Crippen LogP contribution in [0.3, 0.4) is 0 Å². The molecular formula is C15H11FN2. The van der Waals surface area contributed by atoms with Gasteiger partial charge < -0.3 is 5.32 Å². The number of benzene rings is 2. The first-order chi connectivity index (χ1) is 8.79. The van der Waals surface area contributed by atoms with E-state index in [0.717, 1.165) is 18.7 Å². The van der Waals surface area contributed by atoms with Gasteiger partial charge in [-0.25, -0.2) is 4.39 Å². The molecule has 18 heavy (non-hydrogen) atoms. The summed E-state index contributed by atoms with van der Waals surface area (Å²) in [5.74, 6) is -0.439. The number of nitrogens with zero attached hydrogens (tertiary/aromatic N) is 1. The van der Waals surface area contributed by atoms with E-state index in [9.17, 15) is 4.39 Å². The Morgan fingerprint density at radius 2 is 1.94 bits per heavy atom. The predicted octanol–water partition coefficient (Wildman–Crippen LogP) is 2.97. The molecule has 2 aromatic carbocycles. The van der Waals surface area contributed by atoms with Crippen molar-refractivity contribution < 1.29 is 4.39 Å². The van der Waals surface area contributed by atoms with Gasteiger partial charge in [-0.05, 0) is 28.8 Å². The third-order valence-corrected chi connectivity index (χ3v) is 3.27. The summed E-state index contributed by atoms with van der Waals surface area (Å²) in [7, 11) is 0. The molecule has 1 aliphatic heterocycles. The van der Waals surface area contributed by atoms with Gasteiger partial charge in [-0.1, -0.05) is 24.3 Å². The molecule has 3 heteroatoms. The van der Waals surface area contributed by atoms with Gasteiger partial charge in [0, 0.05) is 18.7 Å². The molecule has 0 unspecified atom stereocenters. The number of nitrogens with one attached hydrogen (secondary N) is 1. The zero-order valence-corrected chi connectivity index (χ0v) is 9.70. The summed E-state index contributed by atoms with van der Waals surface area (Å²) in [6.45, 7) is 1.69. The minimum absolute atomic E-state index is 0.0890. The zero-order chi connectivity index (χ0) is 12.5. The van der Waals surface area contributed by atoms with E-state index in [-0.39, 0.29) is 5.56 Å². The van der Waals surface area contributed by atoms with Crippen LogP contribution in [0.1, 0.15) is 16.7 Å². The van der Waals surface area contributed by atoms with Crippen molar-refractivity contribution in [1.82, 2.24) is 5.32 Å². The molecule has 0 bridgehead atoms. The summed E-state index contributed by atoms with van der Waals surface area (Å²) in [5.41, 5.74) is 3.87. The van der Waals surface area contributed by atoms with Crippen molar-refractivity contribution in [2.45, 2.75) is 13.1 Å². The van der Waals surface area contributed by atoms with E-state index in [0.29, 0.717) is 5.56 Å². The van der Waals surface area contributed by atoms with Crippen LogP contribution in [0.4, 0.5) is 4.39 Å². The molecule has 0 amide bonds. The first-order valence-electron chi connectivity index (χ1n) is 5.81. The minimum Gasteiger partial charge on any atom is -0.309 e. The number of halogens is 1. The van der Waals surface area contributed by atoms with E-state index in [4.69, 9.17) is 5.26 Å². The van der Waals surface area contributed by atoms with Gasteiger partial charge in [-0.3, -0.25) is 0 Å². The maximum absolute atomic E-state index is 14.1. The molecule has 0 atom stereocenters. The highest BCUT2D eigenvalue weighted by Crippen LogP contribution is 2.28. The maximum Gasteiger partial charge on any atom is 0.148 e.